The molecule has 1 aliphatic carbocycles. The van der Waals surface area contributed by atoms with Gasteiger partial charge >= 0.3 is 5.76 Å². The van der Waals surface area contributed by atoms with Crippen LogP contribution in [0.3, 0.4) is 0 Å². The molecular formula is C11H13N3O2. The molecule has 0 aromatic carbocycles. The summed E-state index contributed by atoms with van der Waals surface area (Å²) in [7, 11) is 0. The van der Waals surface area contributed by atoms with Gasteiger partial charge < -0.3 is 10.2 Å². The molecule has 0 radical (unpaired) electrons. The highest BCUT2D eigenvalue weighted by Crippen LogP contribution is 2.32. The lowest BCUT2D eigenvalue weighted by Gasteiger charge is -2.09. The Morgan fingerprint density at radius 3 is 3.19 bits per heavy atom. The first kappa shape index (κ1) is 9.59. The Morgan fingerprint density at radius 1 is 1.62 bits per heavy atom. The van der Waals surface area contributed by atoms with E-state index in [0.29, 0.717) is 23.7 Å². The van der Waals surface area contributed by atoms with Gasteiger partial charge in [0.25, 0.3) is 0 Å². The van der Waals surface area contributed by atoms with Crippen molar-refractivity contribution in [1.29, 1.82) is 0 Å². The number of nitrogens with two attached hydrogens (primary N) is 1. The zero-order chi connectivity index (χ0) is 11.1. The Labute approximate surface area is 91.9 Å². The lowest BCUT2D eigenvalue weighted by molar-refractivity contribution is 0.452. The van der Waals surface area contributed by atoms with Crippen LogP contribution in [0.15, 0.2) is 27.5 Å². The SMILES string of the molecule is NC(Cn1c(=O)oc2cccnc21)C1CC1. The van der Waals surface area contributed by atoms with Gasteiger partial charge in [0.05, 0.1) is 0 Å². The Balaban J connectivity index is 2.01. The zero-order valence-corrected chi connectivity index (χ0v) is 8.80. The van der Waals surface area contributed by atoms with E-state index in [-0.39, 0.29) is 11.8 Å². The van der Waals surface area contributed by atoms with Crippen LogP contribution < -0.4 is 11.5 Å². The van der Waals surface area contributed by atoms with E-state index in [1.165, 1.54) is 17.4 Å². The van der Waals surface area contributed by atoms with E-state index in [0.717, 1.165) is 0 Å². The van der Waals surface area contributed by atoms with E-state index in [9.17, 15) is 4.79 Å². The zero-order valence-electron chi connectivity index (χ0n) is 8.80. The fraction of sp³-hybridized carbons (Fsp3) is 0.455. The van der Waals surface area contributed by atoms with E-state index in [1.54, 1.807) is 18.3 Å². The minimum atomic E-state index is -0.371. The number of fused-ring (bicyclic) bond motifs is 1. The number of aromatic nitrogens is 2. The lowest BCUT2D eigenvalue weighted by atomic mass is 10.2. The van der Waals surface area contributed by atoms with Crippen molar-refractivity contribution in [3.05, 3.63) is 28.9 Å². The predicted molar refractivity (Wildman–Crippen MR) is 59.0 cm³/mol. The molecule has 1 unspecified atom stereocenters. The molecule has 1 saturated carbocycles. The molecule has 1 fully saturated rings. The number of nitrogens with zero attached hydrogens (tertiary/aromatic N) is 2. The second-order valence-corrected chi connectivity index (χ2v) is 4.31. The molecule has 2 N–H and O–H groups in total. The average molecular weight is 219 g/mol. The van der Waals surface area contributed by atoms with Crippen molar-refractivity contribution in [3.63, 3.8) is 0 Å². The largest absolute Gasteiger partial charge is 0.421 e. The molecule has 5 heteroatoms. The predicted octanol–water partition coefficient (Wildman–Crippen LogP) is 0.727. The molecule has 0 amide bonds. The first-order valence-electron chi connectivity index (χ1n) is 5.45. The summed E-state index contributed by atoms with van der Waals surface area (Å²) in [6.45, 7) is 0.494. The van der Waals surface area contributed by atoms with E-state index >= 15 is 0 Å². The standard InChI is InChI=1S/C11H13N3O2/c12-8(7-3-4-7)6-14-10-9(16-11(14)15)2-1-5-13-10/h1-2,5,7-8H,3-4,6,12H2. The molecule has 5 nitrogen and oxygen atoms in total. The minimum Gasteiger partial charge on any atom is -0.406 e. The van der Waals surface area contributed by atoms with E-state index in [2.05, 4.69) is 4.98 Å². The summed E-state index contributed by atoms with van der Waals surface area (Å²) in [5.74, 6) is 0.186. The van der Waals surface area contributed by atoms with Crippen LogP contribution in [-0.2, 0) is 6.54 Å². The maximum absolute atomic E-state index is 11.6. The maximum Gasteiger partial charge on any atom is 0.421 e. The summed E-state index contributed by atoms with van der Waals surface area (Å²) in [4.78, 5) is 15.8. The molecule has 1 aliphatic rings. The number of rotatable bonds is 3. The van der Waals surface area contributed by atoms with Gasteiger partial charge in [0.15, 0.2) is 11.2 Å². The van der Waals surface area contributed by atoms with Crippen molar-refractivity contribution in [1.82, 2.24) is 9.55 Å². The summed E-state index contributed by atoms with van der Waals surface area (Å²) in [6, 6.07) is 3.51. The lowest BCUT2D eigenvalue weighted by Crippen LogP contribution is -2.32. The smallest absolute Gasteiger partial charge is 0.406 e. The molecule has 1 atom stereocenters. The fourth-order valence-electron chi connectivity index (χ4n) is 1.95. The van der Waals surface area contributed by atoms with Gasteiger partial charge in [-0.2, -0.15) is 0 Å². The minimum absolute atomic E-state index is 0.0282. The molecule has 3 rings (SSSR count). The van der Waals surface area contributed by atoms with Gasteiger partial charge in [-0.15, -0.1) is 0 Å². The topological polar surface area (TPSA) is 74.0 Å². The van der Waals surface area contributed by atoms with Crippen LogP contribution in [0.25, 0.3) is 11.2 Å². The second kappa shape index (κ2) is 3.45. The van der Waals surface area contributed by atoms with Crippen LogP contribution in [0.1, 0.15) is 12.8 Å². The van der Waals surface area contributed by atoms with Crippen LogP contribution >= 0.6 is 0 Å². The molecule has 2 aromatic heterocycles. The highest BCUT2D eigenvalue weighted by molar-refractivity contribution is 5.67. The fourth-order valence-corrected chi connectivity index (χ4v) is 1.95. The molecule has 16 heavy (non-hydrogen) atoms. The van der Waals surface area contributed by atoms with E-state index in [1.807, 2.05) is 0 Å². The molecule has 0 saturated heterocycles. The normalized spacial score (nSPS) is 17.8. The second-order valence-electron chi connectivity index (χ2n) is 4.31. The van der Waals surface area contributed by atoms with E-state index in [4.69, 9.17) is 10.2 Å². The van der Waals surface area contributed by atoms with Gasteiger partial charge in [0.1, 0.15) is 0 Å². The third-order valence-electron chi connectivity index (χ3n) is 3.05. The van der Waals surface area contributed by atoms with Gasteiger partial charge in [-0.25, -0.2) is 9.78 Å². The molecular weight excluding hydrogens is 206 g/mol. The van der Waals surface area contributed by atoms with Gasteiger partial charge in [0, 0.05) is 18.8 Å². The third kappa shape index (κ3) is 1.53. The molecule has 2 aromatic rings. The quantitative estimate of drug-likeness (QED) is 0.825. The van der Waals surface area contributed by atoms with Crippen LogP contribution in [0.4, 0.5) is 0 Å². The van der Waals surface area contributed by atoms with E-state index < -0.39 is 0 Å². The number of hydrogen-bond donors (Lipinski definition) is 1. The van der Waals surface area contributed by atoms with Crippen molar-refractivity contribution >= 4 is 11.2 Å². The van der Waals surface area contributed by atoms with Gasteiger partial charge in [0.2, 0.25) is 0 Å². The molecule has 0 aliphatic heterocycles. The van der Waals surface area contributed by atoms with Crippen LogP contribution in [-0.4, -0.2) is 15.6 Å². The molecule has 0 spiro atoms. The summed E-state index contributed by atoms with van der Waals surface area (Å²) in [6.07, 6.45) is 3.98. The van der Waals surface area contributed by atoms with Crippen molar-refractivity contribution in [3.8, 4) is 0 Å². The van der Waals surface area contributed by atoms with Crippen LogP contribution in [0.5, 0.6) is 0 Å². The Bertz CT molecular complexity index is 568. The van der Waals surface area contributed by atoms with Gasteiger partial charge in [-0.3, -0.25) is 4.57 Å². The molecule has 84 valence electrons. The summed E-state index contributed by atoms with van der Waals surface area (Å²) in [5.41, 5.74) is 7.11. The average Bonchev–Trinajstić information content (AvgIpc) is 3.06. The molecule has 0 bridgehead atoms. The summed E-state index contributed by atoms with van der Waals surface area (Å²) in [5, 5.41) is 0. The first-order valence-corrected chi connectivity index (χ1v) is 5.45. The van der Waals surface area contributed by atoms with Crippen molar-refractivity contribution in [2.45, 2.75) is 25.4 Å². The van der Waals surface area contributed by atoms with Crippen molar-refractivity contribution in [2.75, 3.05) is 0 Å². The highest BCUT2D eigenvalue weighted by Gasteiger charge is 2.29. The third-order valence-corrected chi connectivity index (χ3v) is 3.05. The monoisotopic (exact) mass is 219 g/mol. The van der Waals surface area contributed by atoms with Gasteiger partial charge in [-0.1, -0.05) is 0 Å². The van der Waals surface area contributed by atoms with Crippen LogP contribution in [0.2, 0.25) is 0 Å². The Hall–Kier alpha value is -1.62. The number of hydrogen-bond acceptors (Lipinski definition) is 4. The van der Waals surface area contributed by atoms with Crippen LogP contribution in [0, 0.1) is 5.92 Å². The summed E-state index contributed by atoms with van der Waals surface area (Å²) >= 11 is 0. The van der Waals surface area contributed by atoms with Crippen molar-refractivity contribution in [2.24, 2.45) is 11.7 Å². The van der Waals surface area contributed by atoms with Crippen molar-refractivity contribution < 1.29 is 4.42 Å². The number of oxazole rings is 1. The highest BCUT2D eigenvalue weighted by atomic mass is 16.4. The molecule has 2 heterocycles. The first-order chi connectivity index (χ1) is 7.75. The Kier molecular flexibility index (Phi) is 2.07. The Morgan fingerprint density at radius 2 is 2.44 bits per heavy atom. The summed E-state index contributed by atoms with van der Waals surface area (Å²) < 4.78 is 6.62. The maximum atomic E-state index is 11.6. The number of pyridine rings is 1. The van der Waals surface area contributed by atoms with Gasteiger partial charge in [-0.05, 0) is 30.9 Å².